The van der Waals surface area contributed by atoms with E-state index in [1.807, 2.05) is 0 Å². The number of nitrogens with zero attached hydrogens (tertiary/aromatic N) is 2. The number of aryl methyl sites for hydroxylation is 1. The van der Waals surface area contributed by atoms with Gasteiger partial charge in [0.25, 0.3) is 0 Å². The molecule has 1 heterocycles. The number of rotatable bonds is 5. The molecule has 0 N–H and O–H groups in total. The molecular formula is C18H11Cl2F3N2O2. The van der Waals surface area contributed by atoms with E-state index < -0.39 is 12.1 Å². The highest BCUT2D eigenvalue weighted by Crippen LogP contribution is 2.29. The zero-order chi connectivity index (χ0) is 19.6. The van der Waals surface area contributed by atoms with E-state index in [0.717, 1.165) is 5.56 Å². The summed E-state index contributed by atoms with van der Waals surface area (Å²) in [5.74, 6) is -1.68. The molecule has 0 atom stereocenters. The lowest BCUT2D eigenvalue weighted by atomic mass is 10.0. The second kappa shape index (κ2) is 7.70. The van der Waals surface area contributed by atoms with Crippen molar-refractivity contribution in [3.05, 3.63) is 69.5 Å². The first-order chi connectivity index (χ1) is 12.7. The Balaban J connectivity index is 1.65. The maximum Gasteiger partial charge on any atom is 0.471 e. The quantitative estimate of drug-likeness (QED) is 0.489. The molecule has 2 aromatic carbocycles. The summed E-state index contributed by atoms with van der Waals surface area (Å²) >= 11 is 11.8. The molecular weight excluding hydrogens is 404 g/mol. The van der Waals surface area contributed by atoms with Crippen LogP contribution in [0.3, 0.4) is 0 Å². The molecule has 3 rings (SSSR count). The molecule has 1 aromatic heterocycles. The summed E-state index contributed by atoms with van der Waals surface area (Å²) in [7, 11) is 0. The fraction of sp³-hybridized carbons (Fsp3) is 0.167. The number of carbonyl (C=O) groups excluding carboxylic acids is 1. The summed E-state index contributed by atoms with van der Waals surface area (Å²) in [4.78, 5) is 15.6. The molecule has 3 aromatic rings. The first-order valence-corrected chi connectivity index (χ1v) is 8.48. The lowest BCUT2D eigenvalue weighted by Gasteiger charge is -2.05. The maximum absolute atomic E-state index is 12.5. The van der Waals surface area contributed by atoms with E-state index in [4.69, 9.17) is 23.2 Å². The molecule has 0 saturated heterocycles. The topological polar surface area (TPSA) is 56.0 Å². The van der Waals surface area contributed by atoms with Gasteiger partial charge in [-0.05, 0) is 30.2 Å². The number of hydrogen-bond donors (Lipinski definition) is 0. The van der Waals surface area contributed by atoms with Crippen molar-refractivity contribution in [3.63, 3.8) is 0 Å². The number of Topliss-reactive ketones (excluding diaryl/α,β-unsaturated/α-hetero) is 1. The number of alkyl halides is 3. The molecule has 4 nitrogen and oxygen atoms in total. The van der Waals surface area contributed by atoms with Crippen LogP contribution < -0.4 is 0 Å². The third kappa shape index (κ3) is 4.67. The highest BCUT2D eigenvalue weighted by Gasteiger charge is 2.38. The number of hydrogen-bond acceptors (Lipinski definition) is 4. The van der Waals surface area contributed by atoms with E-state index in [1.165, 1.54) is 6.07 Å². The van der Waals surface area contributed by atoms with Crippen molar-refractivity contribution < 1.29 is 22.5 Å². The van der Waals surface area contributed by atoms with Gasteiger partial charge in [0.05, 0.1) is 5.02 Å². The van der Waals surface area contributed by atoms with Crippen LogP contribution in [0.5, 0.6) is 0 Å². The van der Waals surface area contributed by atoms with Gasteiger partial charge >= 0.3 is 12.1 Å². The summed E-state index contributed by atoms with van der Waals surface area (Å²) in [6, 6.07) is 11.2. The zero-order valence-electron chi connectivity index (χ0n) is 13.6. The maximum atomic E-state index is 12.5. The van der Waals surface area contributed by atoms with Crippen LogP contribution in [0, 0.1) is 0 Å². The van der Waals surface area contributed by atoms with Crippen LogP contribution in [-0.2, 0) is 12.6 Å². The highest BCUT2D eigenvalue weighted by molar-refractivity contribution is 6.36. The predicted octanol–water partition coefficient (Wildman–Crippen LogP) is 5.88. The second-order valence-electron chi connectivity index (χ2n) is 5.67. The monoisotopic (exact) mass is 414 g/mol. The Morgan fingerprint density at radius 1 is 1.07 bits per heavy atom. The molecule has 0 radical (unpaired) electrons. The molecule has 27 heavy (non-hydrogen) atoms. The molecule has 0 aliphatic carbocycles. The normalized spacial score (nSPS) is 11.6. The average molecular weight is 415 g/mol. The van der Waals surface area contributed by atoms with E-state index >= 15 is 0 Å². The van der Waals surface area contributed by atoms with Gasteiger partial charge in [0.15, 0.2) is 5.78 Å². The van der Waals surface area contributed by atoms with Crippen molar-refractivity contribution in [3.8, 4) is 11.4 Å². The van der Waals surface area contributed by atoms with E-state index in [1.54, 1.807) is 36.4 Å². The molecule has 0 spiro atoms. The lowest BCUT2D eigenvalue weighted by Crippen LogP contribution is -2.04. The van der Waals surface area contributed by atoms with Gasteiger partial charge in [-0.25, -0.2) is 0 Å². The summed E-state index contributed by atoms with van der Waals surface area (Å²) in [5.41, 5.74) is 1.60. The fourth-order valence-corrected chi connectivity index (χ4v) is 2.90. The molecule has 0 aliphatic rings. The fourth-order valence-electron chi connectivity index (χ4n) is 2.38. The molecule has 0 bridgehead atoms. The van der Waals surface area contributed by atoms with Gasteiger partial charge in [-0.1, -0.05) is 52.6 Å². The van der Waals surface area contributed by atoms with Crippen LogP contribution in [0.2, 0.25) is 10.0 Å². The third-order valence-electron chi connectivity index (χ3n) is 3.75. The van der Waals surface area contributed by atoms with Gasteiger partial charge in [-0.15, -0.1) is 0 Å². The smallest absolute Gasteiger partial charge is 0.329 e. The summed E-state index contributed by atoms with van der Waals surface area (Å²) < 4.78 is 41.7. The predicted molar refractivity (Wildman–Crippen MR) is 93.8 cm³/mol. The minimum atomic E-state index is -4.69. The Bertz CT molecular complexity index is 969. The number of aromatic nitrogens is 2. The van der Waals surface area contributed by atoms with Crippen LogP contribution in [0.15, 0.2) is 47.0 Å². The van der Waals surface area contributed by atoms with Crippen molar-refractivity contribution in [2.75, 3.05) is 0 Å². The summed E-state index contributed by atoms with van der Waals surface area (Å²) in [6.45, 7) is 0. The standard InChI is InChI=1S/C18H11Cl2F3N2O2/c19-12-6-7-13(14(20)9-12)15(26)8-3-10-1-4-11(5-2-10)16-24-17(27-25-16)18(21,22)23/h1-2,4-7,9H,3,8H2. The van der Waals surface area contributed by atoms with E-state index in [2.05, 4.69) is 14.7 Å². The number of halogens is 5. The van der Waals surface area contributed by atoms with Crippen molar-refractivity contribution in [1.82, 2.24) is 10.1 Å². The Hall–Kier alpha value is -2.38. The van der Waals surface area contributed by atoms with Gasteiger partial charge in [0.2, 0.25) is 5.82 Å². The molecule has 0 amide bonds. The first kappa shape index (κ1) is 19.4. The number of carbonyl (C=O) groups is 1. The van der Waals surface area contributed by atoms with Gasteiger partial charge < -0.3 is 4.52 Å². The Kier molecular flexibility index (Phi) is 5.53. The Labute approximate surface area is 161 Å². The molecule has 0 aliphatic heterocycles. The van der Waals surface area contributed by atoms with Gasteiger partial charge in [-0.2, -0.15) is 18.2 Å². The van der Waals surface area contributed by atoms with E-state index in [0.29, 0.717) is 27.6 Å². The minimum Gasteiger partial charge on any atom is -0.329 e. The van der Waals surface area contributed by atoms with Crippen LogP contribution in [-0.4, -0.2) is 15.9 Å². The van der Waals surface area contributed by atoms with Crippen LogP contribution >= 0.6 is 23.2 Å². The Morgan fingerprint density at radius 3 is 2.37 bits per heavy atom. The average Bonchev–Trinajstić information content (AvgIpc) is 3.10. The zero-order valence-corrected chi connectivity index (χ0v) is 15.1. The van der Waals surface area contributed by atoms with Crippen molar-refractivity contribution in [1.29, 1.82) is 0 Å². The van der Waals surface area contributed by atoms with Crippen LogP contribution in [0.25, 0.3) is 11.4 Å². The second-order valence-corrected chi connectivity index (χ2v) is 6.51. The van der Waals surface area contributed by atoms with Crippen LogP contribution in [0.4, 0.5) is 13.2 Å². The molecule has 9 heteroatoms. The lowest BCUT2D eigenvalue weighted by molar-refractivity contribution is -0.159. The first-order valence-electron chi connectivity index (χ1n) is 7.72. The van der Waals surface area contributed by atoms with E-state index in [9.17, 15) is 18.0 Å². The minimum absolute atomic E-state index is 0.131. The van der Waals surface area contributed by atoms with Crippen molar-refractivity contribution in [2.24, 2.45) is 0 Å². The van der Waals surface area contributed by atoms with Crippen LogP contribution in [0.1, 0.15) is 28.2 Å². The molecule has 0 unspecified atom stereocenters. The molecule has 140 valence electrons. The number of benzene rings is 2. The largest absolute Gasteiger partial charge is 0.471 e. The molecule has 0 saturated carbocycles. The highest BCUT2D eigenvalue weighted by atomic mass is 35.5. The Morgan fingerprint density at radius 2 is 1.78 bits per heavy atom. The SMILES string of the molecule is O=C(CCc1ccc(-c2noc(C(F)(F)F)n2)cc1)c1ccc(Cl)cc1Cl. The van der Waals surface area contributed by atoms with Gasteiger partial charge in [0.1, 0.15) is 0 Å². The summed E-state index contributed by atoms with van der Waals surface area (Å²) in [6.07, 6.45) is -4.02. The summed E-state index contributed by atoms with van der Waals surface area (Å²) in [5, 5.41) is 4.07. The molecule has 0 fully saturated rings. The van der Waals surface area contributed by atoms with Gasteiger partial charge in [0, 0.05) is 22.6 Å². The van der Waals surface area contributed by atoms with E-state index in [-0.39, 0.29) is 18.0 Å². The van der Waals surface area contributed by atoms with Crippen molar-refractivity contribution >= 4 is 29.0 Å². The third-order valence-corrected chi connectivity index (χ3v) is 4.30. The number of ketones is 1. The van der Waals surface area contributed by atoms with Gasteiger partial charge in [-0.3, -0.25) is 4.79 Å². The van der Waals surface area contributed by atoms with Crippen molar-refractivity contribution in [2.45, 2.75) is 19.0 Å².